The number of fused-ring (bicyclic) bond motifs is 1. The number of anilines is 2. The maximum absolute atomic E-state index is 13.2. The van der Waals surface area contributed by atoms with E-state index in [1.165, 1.54) is 24.2 Å². The molecule has 0 atom stereocenters. The Hall–Kier alpha value is -1.59. The highest BCUT2D eigenvalue weighted by molar-refractivity contribution is 14.1. The second-order valence-corrected chi connectivity index (χ2v) is 10.3. The number of hydrogen-bond donors (Lipinski definition) is 0. The number of rotatable bonds is 3. The first-order valence-corrected chi connectivity index (χ1v) is 12.6. The molecule has 2 aliphatic rings. The maximum atomic E-state index is 13.2. The van der Waals surface area contributed by atoms with Gasteiger partial charge in [0.15, 0.2) is 0 Å². The first-order valence-electron chi connectivity index (χ1n) is 9.87. The minimum Gasteiger partial charge on any atom is -0.356 e. The van der Waals surface area contributed by atoms with Gasteiger partial charge >= 0.3 is 0 Å². The summed E-state index contributed by atoms with van der Waals surface area (Å²) in [6.45, 7) is 4.88. The van der Waals surface area contributed by atoms with Gasteiger partial charge in [-0.3, -0.25) is 4.79 Å². The Kier molecular flexibility index (Phi) is 5.53. The van der Waals surface area contributed by atoms with Crippen molar-refractivity contribution in [1.82, 2.24) is 15.0 Å². The molecule has 0 unspecified atom stereocenters. The third kappa shape index (κ3) is 3.64. The lowest BCUT2D eigenvalue weighted by molar-refractivity contribution is 0.0984. The van der Waals surface area contributed by atoms with Crippen molar-refractivity contribution in [3.05, 3.63) is 48.8 Å². The first kappa shape index (κ1) is 20.3. The largest absolute Gasteiger partial charge is 0.356 e. The number of aryl methyl sites for hydroxylation is 1. The van der Waals surface area contributed by atoms with Crippen LogP contribution in [-0.4, -0.2) is 40.5 Å². The molecule has 3 aromatic rings. The summed E-state index contributed by atoms with van der Waals surface area (Å²) in [5.74, 6) is 1.08. The number of thiazole rings is 1. The molecule has 0 saturated carbocycles. The van der Waals surface area contributed by atoms with Crippen LogP contribution in [0, 0.1) is 10.6 Å². The third-order valence-electron chi connectivity index (χ3n) is 5.51. The van der Waals surface area contributed by atoms with Crippen molar-refractivity contribution in [1.29, 1.82) is 0 Å². The molecule has 6 nitrogen and oxygen atoms in total. The number of pyridine rings is 2. The Morgan fingerprint density at radius 2 is 1.97 bits per heavy atom. The van der Waals surface area contributed by atoms with Crippen LogP contribution in [0.25, 0.3) is 10.6 Å². The predicted octanol–water partition coefficient (Wildman–Crippen LogP) is 5.08. The van der Waals surface area contributed by atoms with Gasteiger partial charge in [-0.25, -0.2) is 15.0 Å². The van der Waals surface area contributed by atoms with Crippen molar-refractivity contribution in [2.24, 2.45) is 0 Å². The summed E-state index contributed by atoms with van der Waals surface area (Å²) >= 11 is 7.16. The SMILES string of the molecule is Cc1cc(-c2nc3c(s2)C(=O)N(c2ccnc(Br)c2)CC3)c(I)nc1N1CCCC1. The zero-order valence-corrected chi connectivity index (χ0v) is 20.9. The molecule has 1 fully saturated rings. The smallest absolute Gasteiger partial charge is 0.270 e. The molecular formula is C21H19BrIN5OS. The lowest BCUT2D eigenvalue weighted by atomic mass is 10.1. The van der Waals surface area contributed by atoms with Crippen LogP contribution in [0.15, 0.2) is 29.0 Å². The minimum atomic E-state index is 0.00600. The zero-order valence-electron chi connectivity index (χ0n) is 16.4. The fourth-order valence-corrected chi connectivity index (χ4v) is 6.29. The van der Waals surface area contributed by atoms with Crippen molar-refractivity contribution in [2.75, 3.05) is 29.4 Å². The van der Waals surface area contributed by atoms with E-state index in [2.05, 4.69) is 61.4 Å². The molecule has 0 bridgehead atoms. The van der Waals surface area contributed by atoms with Gasteiger partial charge in [0, 0.05) is 43.5 Å². The normalized spacial score (nSPS) is 16.3. The highest BCUT2D eigenvalue weighted by Crippen LogP contribution is 2.37. The summed E-state index contributed by atoms with van der Waals surface area (Å²) in [5.41, 5.74) is 3.92. The molecule has 5 heterocycles. The van der Waals surface area contributed by atoms with Crippen LogP contribution in [0.4, 0.5) is 11.5 Å². The van der Waals surface area contributed by atoms with E-state index in [4.69, 9.17) is 9.97 Å². The molecule has 0 aromatic carbocycles. The molecule has 154 valence electrons. The topological polar surface area (TPSA) is 62.2 Å². The molecule has 30 heavy (non-hydrogen) atoms. The van der Waals surface area contributed by atoms with E-state index >= 15 is 0 Å². The van der Waals surface area contributed by atoms with Crippen LogP contribution in [0.5, 0.6) is 0 Å². The number of halogens is 2. The van der Waals surface area contributed by atoms with Gasteiger partial charge in [0.1, 0.15) is 24.0 Å². The molecule has 1 amide bonds. The van der Waals surface area contributed by atoms with Crippen molar-refractivity contribution < 1.29 is 4.79 Å². The number of carbonyl (C=O) groups is 1. The Bertz CT molecular complexity index is 1140. The lowest BCUT2D eigenvalue weighted by Gasteiger charge is -2.25. The molecule has 0 radical (unpaired) electrons. The van der Waals surface area contributed by atoms with E-state index < -0.39 is 0 Å². The summed E-state index contributed by atoms with van der Waals surface area (Å²) in [4.78, 5) is 32.0. The predicted molar refractivity (Wildman–Crippen MR) is 132 cm³/mol. The average molecular weight is 596 g/mol. The minimum absolute atomic E-state index is 0.00600. The molecule has 0 aliphatic carbocycles. The number of carbonyl (C=O) groups excluding carboxylic acids is 1. The van der Waals surface area contributed by atoms with E-state index in [1.54, 1.807) is 6.20 Å². The van der Waals surface area contributed by atoms with Crippen LogP contribution in [0.2, 0.25) is 0 Å². The summed E-state index contributed by atoms with van der Waals surface area (Å²) in [7, 11) is 0. The van der Waals surface area contributed by atoms with Crippen molar-refractivity contribution >= 4 is 67.3 Å². The number of aromatic nitrogens is 3. The fraction of sp³-hybridized carbons (Fsp3) is 0.333. The van der Waals surface area contributed by atoms with Gasteiger partial charge < -0.3 is 9.80 Å². The molecule has 0 N–H and O–H groups in total. The van der Waals surface area contributed by atoms with E-state index in [1.807, 2.05) is 17.0 Å². The molecule has 5 rings (SSSR count). The first-order chi connectivity index (χ1) is 14.5. The maximum Gasteiger partial charge on any atom is 0.270 e. The molecule has 1 saturated heterocycles. The van der Waals surface area contributed by atoms with Gasteiger partial charge in [0.25, 0.3) is 5.91 Å². The van der Waals surface area contributed by atoms with Crippen LogP contribution in [-0.2, 0) is 6.42 Å². The number of hydrogen-bond acceptors (Lipinski definition) is 6. The molecule has 0 spiro atoms. The lowest BCUT2D eigenvalue weighted by Crippen LogP contribution is -2.36. The second-order valence-electron chi connectivity index (χ2n) is 7.50. The summed E-state index contributed by atoms with van der Waals surface area (Å²) < 4.78 is 1.66. The van der Waals surface area contributed by atoms with Crippen LogP contribution in [0.1, 0.15) is 33.8 Å². The summed E-state index contributed by atoms with van der Waals surface area (Å²) in [6.07, 6.45) is 4.90. The van der Waals surface area contributed by atoms with Crippen molar-refractivity contribution in [3.8, 4) is 10.6 Å². The average Bonchev–Trinajstić information content (AvgIpc) is 3.40. The number of nitrogens with zero attached hydrogens (tertiary/aromatic N) is 5. The third-order valence-corrected chi connectivity index (χ3v) is 7.88. The molecule has 9 heteroatoms. The monoisotopic (exact) mass is 595 g/mol. The van der Waals surface area contributed by atoms with Crippen LogP contribution < -0.4 is 9.80 Å². The molecular weight excluding hydrogens is 577 g/mol. The highest BCUT2D eigenvalue weighted by Gasteiger charge is 2.30. The number of amides is 1. The Morgan fingerprint density at radius 3 is 2.73 bits per heavy atom. The van der Waals surface area contributed by atoms with Gasteiger partial charge in [-0.15, -0.1) is 11.3 Å². The zero-order chi connectivity index (χ0) is 20.8. The van der Waals surface area contributed by atoms with E-state index in [9.17, 15) is 4.79 Å². The second kappa shape index (κ2) is 8.16. The van der Waals surface area contributed by atoms with Crippen LogP contribution in [0.3, 0.4) is 0 Å². The van der Waals surface area contributed by atoms with Crippen LogP contribution >= 0.6 is 49.9 Å². The molecule has 2 aliphatic heterocycles. The van der Waals surface area contributed by atoms with Gasteiger partial charge in [-0.1, -0.05) is 0 Å². The Morgan fingerprint density at radius 1 is 1.17 bits per heavy atom. The molecule has 3 aromatic heterocycles. The van der Waals surface area contributed by atoms with Gasteiger partial charge in [-0.2, -0.15) is 0 Å². The Labute approximate surface area is 201 Å². The van der Waals surface area contributed by atoms with E-state index in [0.29, 0.717) is 6.54 Å². The highest BCUT2D eigenvalue weighted by atomic mass is 127. The van der Waals surface area contributed by atoms with Gasteiger partial charge in [0.2, 0.25) is 0 Å². The standard InChI is InChI=1S/C21H19BrIN5OS/c1-12-10-14(18(23)26-19(12)27-7-2-3-8-27)20-25-15-5-9-28(21(29)17(15)30-20)13-4-6-24-16(22)11-13/h4,6,10-11H,2-3,5,7-9H2,1H3. The Balaban J connectivity index is 1.48. The van der Waals surface area contributed by atoms with E-state index in [0.717, 1.165) is 66.0 Å². The summed E-state index contributed by atoms with van der Waals surface area (Å²) in [6, 6.07) is 5.91. The van der Waals surface area contributed by atoms with Crippen molar-refractivity contribution in [2.45, 2.75) is 26.2 Å². The fourth-order valence-electron chi connectivity index (χ4n) is 4.03. The quantitative estimate of drug-likeness (QED) is 0.312. The van der Waals surface area contributed by atoms with Gasteiger partial charge in [0.05, 0.1) is 5.69 Å². The van der Waals surface area contributed by atoms with Crippen molar-refractivity contribution in [3.63, 3.8) is 0 Å². The van der Waals surface area contributed by atoms with Gasteiger partial charge in [-0.05, 0) is 82.0 Å². The van der Waals surface area contributed by atoms with E-state index in [-0.39, 0.29) is 5.91 Å². The summed E-state index contributed by atoms with van der Waals surface area (Å²) in [5, 5.41) is 0.874.